The average Bonchev–Trinajstić information content (AvgIpc) is 3.10. The predicted octanol–water partition coefficient (Wildman–Crippen LogP) is 4.51. The molecule has 0 aromatic heterocycles. The Kier molecular flexibility index (Phi) is 3.08. The number of fused-ring (bicyclic) bond motifs is 6. The first kappa shape index (κ1) is 15.8. The number of ether oxygens (including phenoxy) is 1. The Labute approximate surface area is 149 Å². The average molecular weight is 340 g/mol. The molecule has 2 saturated carbocycles. The van der Waals surface area contributed by atoms with Crippen molar-refractivity contribution in [2.75, 3.05) is 0 Å². The smallest absolute Gasteiger partial charge is 0.306 e. The lowest BCUT2D eigenvalue weighted by atomic mass is 9.50. The molecule has 3 nitrogen and oxygen atoms in total. The van der Waals surface area contributed by atoms with E-state index < -0.39 is 0 Å². The lowest BCUT2D eigenvalue weighted by Gasteiger charge is -2.54. The molecule has 1 saturated heterocycles. The van der Waals surface area contributed by atoms with E-state index in [0.29, 0.717) is 30.5 Å². The van der Waals surface area contributed by atoms with E-state index in [4.69, 9.17) is 4.74 Å². The molecule has 1 aliphatic heterocycles. The van der Waals surface area contributed by atoms with Gasteiger partial charge in [-0.05, 0) is 62.9 Å². The maximum atomic E-state index is 11.9. The van der Waals surface area contributed by atoms with Crippen molar-refractivity contribution in [3.63, 3.8) is 0 Å². The maximum absolute atomic E-state index is 11.9. The van der Waals surface area contributed by atoms with Gasteiger partial charge in [0.15, 0.2) is 5.78 Å². The Hall–Kier alpha value is -1.38. The maximum Gasteiger partial charge on any atom is 0.306 e. The van der Waals surface area contributed by atoms with E-state index in [1.54, 1.807) is 5.57 Å². The van der Waals surface area contributed by atoms with Gasteiger partial charge in [-0.15, -0.1) is 0 Å². The third-order valence-electron chi connectivity index (χ3n) is 8.67. The van der Waals surface area contributed by atoms with Crippen LogP contribution in [0.4, 0.5) is 0 Å². The van der Waals surface area contributed by atoms with E-state index in [-0.39, 0.29) is 22.4 Å². The van der Waals surface area contributed by atoms with Crippen molar-refractivity contribution in [3.05, 3.63) is 23.3 Å². The largest absolute Gasteiger partial charge is 0.458 e. The van der Waals surface area contributed by atoms with E-state index in [2.05, 4.69) is 19.9 Å². The van der Waals surface area contributed by atoms with Gasteiger partial charge >= 0.3 is 5.97 Å². The van der Waals surface area contributed by atoms with Gasteiger partial charge in [0.2, 0.25) is 0 Å². The predicted molar refractivity (Wildman–Crippen MR) is 94.7 cm³/mol. The first-order valence-electron chi connectivity index (χ1n) is 10.0. The zero-order valence-corrected chi connectivity index (χ0v) is 15.4. The summed E-state index contributed by atoms with van der Waals surface area (Å²) in [6.45, 7) is 4.75. The molecule has 4 aliphatic carbocycles. The van der Waals surface area contributed by atoms with Crippen molar-refractivity contribution >= 4 is 11.8 Å². The van der Waals surface area contributed by atoms with Crippen LogP contribution in [0.5, 0.6) is 0 Å². The molecular formula is C22H28O3. The Morgan fingerprint density at radius 2 is 1.88 bits per heavy atom. The minimum absolute atomic E-state index is 0.00303. The summed E-state index contributed by atoms with van der Waals surface area (Å²) in [6, 6.07) is 0. The van der Waals surface area contributed by atoms with Gasteiger partial charge in [-0.3, -0.25) is 9.59 Å². The van der Waals surface area contributed by atoms with E-state index in [1.165, 1.54) is 12.0 Å². The summed E-state index contributed by atoms with van der Waals surface area (Å²) in [5, 5.41) is 0. The van der Waals surface area contributed by atoms with Crippen LogP contribution in [0, 0.1) is 22.7 Å². The minimum Gasteiger partial charge on any atom is -0.458 e. The summed E-state index contributed by atoms with van der Waals surface area (Å²) in [4.78, 5) is 23.8. The topological polar surface area (TPSA) is 43.4 Å². The Morgan fingerprint density at radius 1 is 1.04 bits per heavy atom. The summed E-state index contributed by atoms with van der Waals surface area (Å²) in [5.74, 6) is 1.54. The number of carbonyl (C=O) groups is 2. The van der Waals surface area contributed by atoms with Crippen LogP contribution in [0.3, 0.4) is 0 Å². The van der Waals surface area contributed by atoms with Crippen LogP contribution >= 0.6 is 0 Å². The molecule has 0 N–H and O–H groups in total. The number of hydrogen-bond acceptors (Lipinski definition) is 3. The van der Waals surface area contributed by atoms with Gasteiger partial charge in [-0.2, -0.15) is 0 Å². The molecule has 1 spiro atoms. The van der Waals surface area contributed by atoms with E-state index >= 15 is 0 Å². The fraction of sp³-hybridized carbons (Fsp3) is 0.727. The van der Waals surface area contributed by atoms with Gasteiger partial charge in [-0.25, -0.2) is 0 Å². The van der Waals surface area contributed by atoms with Gasteiger partial charge in [0.1, 0.15) is 5.60 Å². The number of carbonyl (C=O) groups excluding carboxylic acids is 2. The highest BCUT2D eigenvalue weighted by Gasteiger charge is 2.65. The quantitative estimate of drug-likeness (QED) is 0.481. The van der Waals surface area contributed by atoms with E-state index in [9.17, 15) is 9.59 Å². The van der Waals surface area contributed by atoms with Crippen molar-refractivity contribution < 1.29 is 14.3 Å². The second kappa shape index (κ2) is 4.86. The summed E-state index contributed by atoms with van der Waals surface area (Å²) >= 11 is 0. The summed E-state index contributed by atoms with van der Waals surface area (Å²) in [6.07, 6.45) is 13.1. The SMILES string of the molecule is CC12CCC(=O)C=C1CCC1C2=CCC2(C)C1CC[C@@]21CCC(=O)O1. The first-order chi connectivity index (χ1) is 11.9. The molecular weight excluding hydrogens is 312 g/mol. The van der Waals surface area contributed by atoms with Crippen molar-refractivity contribution in [1.82, 2.24) is 0 Å². The van der Waals surface area contributed by atoms with Gasteiger partial charge in [0, 0.05) is 23.7 Å². The Morgan fingerprint density at radius 3 is 2.64 bits per heavy atom. The van der Waals surface area contributed by atoms with Crippen LogP contribution in [0.2, 0.25) is 0 Å². The fourth-order valence-corrected chi connectivity index (χ4v) is 7.14. The molecule has 4 unspecified atom stereocenters. The fourth-order valence-electron chi connectivity index (χ4n) is 7.14. The van der Waals surface area contributed by atoms with Crippen molar-refractivity contribution in [2.24, 2.45) is 22.7 Å². The number of rotatable bonds is 0. The molecule has 1 heterocycles. The Bertz CT molecular complexity index is 732. The molecule has 134 valence electrons. The van der Waals surface area contributed by atoms with E-state index in [1.807, 2.05) is 6.08 Å². The van der Waals surface area contributed by atoms with Crippen LogP contribution in [0.25, 0.3) is 0 Å². The standard InChI is InChI=1S/C22H28O3/c1-20-9-5-15(23)13-14(20)3-4-16-17(20)6-10-21(2)18(16)7-11-22(21)12-8-19(24)25-22/h6,13,16,18H,3-5,7-12H2,1-2H3/t16?,18?,20?,21?,22-/m1/s1. The highest BCUT2D eigenvalue weighted by Crippen LogP contribution is 2.67. The van der Waals surface area contributed by atoms with E-state index in [0.717, 1.165) is 38.5 Å². The van der Waals surface area contributed by atoms with Gasteiger partial charge in [0.05, 0.1) is 0 Å². The zero-order chi connectivity index (χ0) is 17.4. The number of hydrogen-bond donors (Lipinski definition) is 0. The summed E-state index contributed by atoms with van der Waals surface area (Å²) in [7, 11) is 0. The lowest BCUT2D eigenvalue weighted by Crippen LogP contribution is -2.50. The normalized spacial score (nSPS) is 48.4. The summed E-state index contributed by atoms with van der Waals surface area (Å²) < 4.78 is 5.98. The third-order valence-corrected chi connectivity index (χ3v) is 8.67. The molecule has 0 bridgehead atoms. The van der Waals surface area contributed by atoms with Gasteiger partial charge in [-0.1, -0.05) is 31.1 Å². The highest BCUT2D eigenvalue weighted by molar-refractivity contribution is 5.92. The second-order valence-corrected chi connectivity index (χ2v) is 9.51. The molecule has 5 rings (SSSR count). The van der Waals surface area contributed by atoms with Crippen LogP contribution in [-0.2, 0) is 14.3 Å². The molecule has 0 amide bonds. The van der Waals surface area contributed by atoms with Crippen molar-refractivity contribution in [2.45, 2.75) is 77.2 Å². The van der Waals surface area contributed by atoms with Gasteiger partial charge in [0.25, 0.3) is 0 Å². The second-order valence-electron chi connectivity index (χ2n) is 9.51. The number of allylic oxidation sites excluding steroid dienone is 4. The Balaban J connectivity index is 1.55. The van der Waals surface area contributed by atoms with Crippen LogP contribution < -0.4 is 0 Å². The molecule has 0 aromatic carbocycles. The van der Waals surface area contributed by atoms with Crippen LogP contribution in [0.15, 0.2) is 23.3 Å². The van der Waals surface area contributed by atoms with Crippen LogP contribution in [-0.4, -0.2) is 17.4 Å². The molecule has 3 heteroatoms. The summed E-state index contributed by atoms with van der Waals surface area (Å²) in [5.41, 5.74) is 2.95. The third kappa shape index (κ3) is 1.88. The monoisotopic (exact) mass is 340 g/mol. The van der Waals surface area contributed by atoms with Crippen LogP contribution in [0.1, 0.15) is 71.6 Å². The molecule has 25 heavy (non-hydrogen) atoms. The lowest BCUT2D eigenvalue weighted by molar-refractivity contribution is -0.160. The van der Waals surface area contributed by atoms with Gasteiger partial charge < -0.3 is 4.74 Å². The zero-order valence-electron chi connectivity index (χ0n) is 15.4. The van der Waals surface area contributed by atoms with Crippen molar-refractivity contribution in [1.29, 1.82) is 0 Å². The first-order valence-corrected chi connectivity index (χ1v) is 10.0. The molecule has 5 atom stereocenters. The number of esters is 1. The molecule has 3 fully saturated rings. The molecule has 0 aromatic rings. The highest BCUT2D eigenvalue weighted by atomic mass is 16.6. The number of ketones is 1. The molecule has 5 aliphatic rings. The minimum atomic E-state index is -0.212. The van der Waals surface area contributed by atoms with Crippen molar-refractivity contribution in [3.8, 4) is 0 Å². The molecule has 0 radical (unpaired) electrons.